The maximum atomic E-state index is 4.63. The van der Waals surface area contributed by atoms with Crippen molar-refractivity contribution >= 4 is 5.82 Å². The minimum atomic E-state index is 0.480. The Labute approximate surface area is 104 Å². The summed E-state index contributed by atoms with van der Waals surface area (Å²) in [5, 5.41) is 6.86. The Morgan fingerprint density at radius 1 is 1.35 bits per heavy atom. The molecular formula is C14H23N3. The topological polar surface area (TPSA) is 37.0 Å². The Kier molecular flexibility index (Phi) is 4.00. The van der Waals surface area contributed by atoms with Gasteiger partial charge < -0.3 is 10.6 Å². The lowest BCUT2D eigenvalue weighted by molar-refractivity contribution is 0.684. The molecule has 1 aromatic rings. The van der Waals surface area contributed by atoms with E-state index in [0.29, 0.717) is 5.92 Å². The molecule has 17 heavy (non-hydrogen) atoms. The van der Waals surface area contributed by atoms with Crippen LogP contribution in [0.5, 0.6) is 0 Å². The number of rotatable bonds is 6. The number of hydrogen-bond acceptors (Lipinski definition) is 3. The molecule has 94 valence electrons. The molecule has 1 fully saturated rings. The van der Waals surface area contributed by atoms with Gasteiger partial charge in [0.05, 0.1) is 0 Å². The molecule has 1 aliphatic rings. The molecule has 0 unspecified atom stereocenters. The fourth-order valence-electron chi connectivity index (χ4n) is 1.83. The summed E-state index contributed by atoms with van der Waals surface area (Å²) in [6, 6.07) is 5.14. The second-order valence-electron chi connectivity index (χ2n) is 5.13. The highest BCUT2D eigenvalue weighted by Crippen LogP contribution is 2.21. The van der Waals surface area contributed by atoms with Crippen molar-refractivity contribution in [1.29, 1.82) is 0 Å². The summed E-state index contributed by atoms with van der Waals surface area (Å²) in [5.41, 5.74) is 2.52. The van der Waals surface area contributed by atoms with Crippen LogP contribution < -0.4 is 10.6 Å². The minimum absolute atomic E-state index is 0.480. The Hall–Kier alpha value is -1.09. The highest BCUT2D eigenvalue weighted by atomic mass is 15.0. The molecule has 0 aromatic carbocycles. The second-order valence-corrected chi connectivity index (χ2v) is 5.13. The van der Waals surface area contributed by atoms with Gasteiger partial charge >= 0.3 is 0 Å². The lowest BCUT2D eigenvalue weighted by Crippen LogP contribution is -2.16. The molecule has 1 heterocycles. The van der Waals surface area contributed by atoms with Gasteiger partial charge in [-0.05, 0) is 43.4 Å². The summed E-state index contributed by atoms with van der Waals surface area (Å²) in [4.78, 5) is 4.63. The second kappa shape index (κ2) is 5.50. The van der Waals surface area contributed by atoms with Crippen molar-refractivity contribution in [1.82, 2.24) is 10.3 Å². The zero-order valence-electron chi connectivity index (χ0n) is 11.1. The van der Waals surface area contributed by atoms with Gasteiger partial charge in [-0.15, -0.1) is 0 Å². The van der Waals surface area contributed by atoms with E-state index < -0.39 is 0 Å². The SMILES string of the molecule is CCNc1cc(CNC2CC2)cc(C(C)C)n1. The third-order valence-electron chi connectivity index (χ3n) is 3.03. The van der Waals surface area contributed by atoms with Crippen LogP contribution >= 0.6 is 0 Å². The summed E-state index contributed by atoms with van der Waals surface area (Å²) in [6.07, 6.45) is 2.67. The predicted molar refractivity (Wildman–Crippen MR) is 72.4 cm³/mol. The van der Waals surface area contributed by atoms with Crippen molar-refractivity contribution in [2.45, 2.75) is 52.1 Å². The number of nitrogens with one attached hydrogen (secondary N) is 2. The van der Waals surface area contributed by atoms with Gasteiger partial charge in [0.25, 0.3) is 0 Å². The first-order valence-electron chi connectivity index (χ1n) is 6.67. The van der Waals surface area contributed by atoms with Crippen molar-refractivity contribution < 1.29 is 0 Å². The van der Waals surface area contributed by atoms with Gasteiger partial charge in [-0.2, -0.15) is 0 Å². The fourth-order valence-corrected chi connectivity index (χ4v) is 1.83. The average Bonchev–Trinajstić information content (AvgIpc) is 3.10. The first-order valence-corrected chi connectivity index (χ1v) is 6.67. The molecule has 2 rings (SSSR count). The summed E-state index contributed by atoms with van der Waals surface area (Å²) in [6.45, 7) is 8.37. The number of pyridine rings is 1. The van der Waals surface area contributed by atoms with Crippen molar-refractivity contribution in [2.75, 3.05) is 11.9 Å². The van der Waals surface area contributed by atoms with Crippen molar-refractivity contribution in [3.8, 4) is 0 Å². The monoisotopic (exact) mass is 233 g/mol. The van der Waals surface area contributed by atoms with Crippen LogP contribution in [0.15, 0.2) is 12.1 Å². The van der Waals surface area contributed by atoms with Gasteiger partial charge in [0.1, 0.15) is 5.82 Å². The molecule has 0 aliphatic heterocycles. The highest BCUT2D eigenvalue weighted by Gasteiger charge is 2.20. The maximum Gasteiger partial charge on any atom is 0.126 e. The summed E-state index contributed by atoms with van der Waals surface area (Å²) >= 11 is 0. The van der Waals surface area contributed by atoms with E-state index in [1.165, 1.54) is 24.1 Å². The Bertz CT molecular complexity index is 370. The van der Waals surface area contributed by atoms with Crippen LogP contribution in [0, 0.1) is 0 Å². The van der Waals surface area contributed by atoms with Crippen LogP contribution in [-0.4, -0.2) is 17.6 Å². The van der Waals surface area contributed by atoms with Gasteiger partial charge in [-0.25, -0.2) is 4.98 Å². The minimum Gasteiger partial charge on any atom is -0.370 e. The largest absolute Gasteiger partial charge is 0.370 e. The third-order valence-corrected chi connectivity index (χ3v) is 3.03. The normalized spacial score (nSPS) is 15.3. The number of hydrogen-bond donors (Lipinski definition) is 2. The van der Waals surface area contributed by atoms with Gasteiger partial charge in [0.15, 0.2) is 0 Å². The van der Waals surface area contributed by atoms with E-state index >= 15 is 0 Å². The van der Waals surface area contributed by atoms with Crippen molar-refractivity contribution in [3.63, 3.8) is 0 Å². The molecule has 0 atom stereocenters. The molecule has 0 saturated heterocycles. The first-order chi connectivity index (χ1) is 8.19. The van der Waals surface area contributed by atoms with Crippen LogP contribution in [0.1, 0.15) is 50.8 Å². The van der Waals surface area contributed by atoms with E-state index in [2.05, 4.69) is 48.5 Å². The number of anilines is 1. The van der Waals surface area contributed by atoms with E-state index in [1.807, 2.05) is 0 Å². The Morgan fingerprint density at radius 3 is 2.71 bits per heavy atom. The summed E-state index contributed by atoms with van der Waals surface area (Å²) in [7, 11) is 0. The van der Waals surface area contributed by atoms with Gasteiger partial charge in [0, 0.05) is 24.8 Å². The molecule has 2 N–H and O–H groups in total. The van der Waals surface area contributed by atoms with E-state index in [0.717, 1.165) is 24.9 Å². The molecule has 0 bridgehead atoms. The molecule has 0 amide bonds. The van der Waals surface area contributed by atoms with Gasteiger partial charge in [0.2, 0.25) is 0 Å². The van der Waals surface area contributed by atoms with Crippen LogP contribution in [0.2, 0.25) is 0 Å². The summed E-state index contributed by atoms with van der Waals surface area (Å²) < 4.78 is 0. The first kappa shape index (κ1) is 12.4. The van der Waals surface area contributed by atoms with Gasteiger partial charge in [-0.3, -0.25) is 0 Å². The summed E-state index contributed by atoms with van der Waals surface area (Å²) in [5.74, 6) is 1.49. The fraction of sp³-hybridized carbons (Fsp3) is 0.643. The molecule has 3 nitrogen and oxygen atoms in total. The number of nitrogens with zero attached hydrogens (tertiary/aromatic N) is 1. The molecule has 0 radical (unpaired) electrons. The molecule has 1 aliphatic carbocycles. The zero-order valence-corrected chi connectivity index (χ0v) is 11.1. The van der Waals surface area contributed by atoms with E-state index in [9.17, 15) is 0 Å². The molecule has 1 saturated carbocycles. The molecule has 3 heteroatoms. The van der Waals surface area contributed by atoms with Crippen LogP contribution in [0.4, 0.5) is 5.82 Å². The smallest absolute Gasteiger partial charge is 0.126 e. The van der Waals surface area contributed by atoms with E-state index in [4.69, 9.17) is 0 Å². The molecular weight excluding hydrogens is 210 g/mol. The Balaban J connectivity index is 2.10. The maximum absolute atomic E-state index is 4.63. The lowest BCUT2D eigenvalue weighted by Gasteiger charge is -2.12. The van der Waals surface area contributed by atoms with Crippen LogP contribution in [-0.2, 0) is 6.54 Å². The van der Waals surface area contributed by atoms with E-state index in [1.54, 1.807) is 0 Å². The van der Waals surface area contributed by atoms with Crippen LogP contribution in [0.3, 0.4) is 0 Å². The molecule has 0 spiro atoms. The van der Waals surface area contributed by atoms with Crippen LogP contribution in [0.25, 0.3) is 0 Å². The lowest BCUT2D eigenvalue weighted by atomic mass is 10.1. The third kappa shape index (κ3) is 3.70. The number of aromatic nitrogens is 1. The van der Waals surface area contributed by atoms with E-state index in [-0.39, 0.29) is 0 Å². The zero-order chi connectivity index (χ0) is 12.3. The predicted octanol–water partition coefficient (Wildman–Crippen LogP) is 2.89. The van der Waals surface area contributed by atoms with Crippen molar-refractivity contribution in [2.24, 2.45) is 0 Å². The van der Waals surface area contributed by atoms with Gasteiger partial charge in [-0.1, -0.05) is 13.8 Å². The van der Waals surface area contributed by atoms with Crippen molar-refractivity contribution in [3.05, 3.63) is 23.4 Å². The average molecular weight is 233 g/mol. The highest BCUT2D eigenvalue weighted by molar-refractivity contribution is 5.40. The Morgan fingerprint density at radius 2 is 2.12 bits per heavy atom. The molecule has 1 aromatic heterocycles. The quantitative estimate of drug-likeness (QED) is 0.793. The standard InChI is InChI=1S/C14H23N3/c1-4-15-14-8-11(9-16-12-5-6-12)7-13(17-14)10(2)3/h7-8,10,12,16H,4-6,9H2,1-3H3,(H,15,17).